The quantitative estimate of drug-likeness (QED) is 0.876. The number of hydrogen-bond acceptors (Lipinski definition) is 3. The van der Waals surface area contributed by atoms with Gasteiger partial charge in [-0.1, -0.05) is 12.1 Å². The van der Waals surface area contributed by atoms with Crippen LogP contribution in [0.15, 0.2) is 36.7 Å². The molecule has 0 fully saturated rings. The molecule has 0 radical (unpaired) electrons. The van der Waals surface area contributed by atoms with Crippen molar-refractivity contribution in [3.8, 4) is 0 Å². The van der Waals surface area contributed by atoms with Gasteiger partial charge in [0.05, 0.1) is 0 Å². The minimum atomic E-state index is -0.142. The lowest BCUT2D eigenvalue weighted by molar-refractivity contribution is -0.120. The van der Waals surface area contributed by atoms with Gasteiger partial charge in [-0.2, -0.15) is 0 Å². The van der Waals surface area contributed by atoms with Crippen molar-refractivity contribution in [1.82, 2.24) is 4.98 Å². The predicted molar refractivity (Wildman–Crippen MR) is 66.9 cm³/mol. The van der Waals surface area contributed by atoms with Gasteiger partial charge in [-0.25, -0.2) is 0 Å². The van der Waals surface area contributed by atoms with E-state index in [0.717, 1.165) is 16.5 Å². The van der Waals surface area contributed by atoms with Crippen molar-refractivity contribution in [2.24, 2.45) is 0 Å². The van der Waals surface area contributed by atoms with Crippen LogP contribution < -0.4 is 5.32 Å². The highest BCUT2D eigenvalue weighted by molar-refractivity contribution is 6.02. The molecule has 0 saturated carbocycles. The van der Waals surface area contributed by atoms with Gasteiger partial charge in [-0.15, -0.1) is 0 Å². The number of anilines is 1. The van der Waals surface area contributed by atoms with Crippen molar-refractivity contribution in [1.29, 1.82) is 0 Å². The molecule has 0 spiro atoms. The number of aromatic nitrogens is 1. The highest BCUT2D eigenvalue weighted by Gasteiger charge is 2.05. The van der Waals surface area contributed by atoms with Gasteiger partial charge in [0.2, 0.25) is 5.91 Å². The average molecular weight is 230 g/mol. The van der Waals surface area contributed by atoms with E-state index >= 15 is 0 Å². The second kappa shape index (κ2) is 5.41. The molecule has 0 aliphatic rings. The van der Waals surface area contributed by atoms with Gasteiger partial charge in [-0.05, 0) is 19.1 Å². The van der Waals surface area contributed by atoms with Gasteiger partial charge in [-0.3, -0.25) is 9.78 Å². The Morgan fingerprint density at radius 2 is 2.29 bits per heavy atom. The van der Waals surface area contributed by atoms with Crippen molar-refractivity contribution in [3.63, 3.8) is 0 Å². The Balaban J connectivity index is 2.21. The monoisotopic (exact) mass is 230 g/mol. The smallest absolute Gasteiger partial charge is 0.250 e. The SMILES string of the molecule is CCOCC(=O)Nc1cccc2cnccc12. The molecule has 1 aromatic heterocycles. The predicted octanol–water partition coefficient (Wildman–Crippen LogP) is 2.21. The number of fused-ring (bicyclic) bond motifs is 1. The number of carbonyl (C=O) groups is 1. The lowest BCUT2D eigenvalue weighted by Gasteiger charge is -2.08. The van der Waals surface area contributed by atoms with E-state index in [-0.39, 0.29) is 12.5 Å². The summed E-state index contributed by atoms with van der Waals surface area (Å²) in [5, 5.41) is 4.81. The Bertz CT molecular complexity index is 520. The summed E-state index contributed by atoms with van der Waals surface area (Å²) in [7, 11) is 0. The molecule has 1 heterocycles. The number of pyridine rings is 1. The Hall–Kier alpha value is -1.94. The largest absolute Gasteiger partial charge is 0.372 e. The Morgan fingerprint density at radius 3 is 3.12 bits per heavy atom. The minimum Gasteiger partial charge on any atom is -0.372 e. The summed E-state index contributed by atoms with van der Waals surface area (Å²) >= 11 is 0. The van der Waals surface area contributed by atoms with Gasteiger partial charge in [0.1, 0.15) is 6.61 Å². The van der Waals surface area contributed by atoms with Crippen molar-refractivity contribution in [2.45, 2.75) is 6.92 Å². The van der Waals surface area contributed by atoms with Gasteiger partial charge in [0.15, 0.2) is 0 Å². The number of amides is 1. The molecule has 0 unspecified atom stereocenters. The number of rotatable bonds is 4. The van der Waals surface area contributed by atoms with Crippen LogP contribution in [0.3, 0.4) is 0 Å². The van der Waals surface area contributed by atoms with Crippen LogP contribution in [0.25, 0.3) is 10.8 Å². The third-order valence-corrected chi connectivity index (χ3v) is 2.39. The number of carbonyl (C=O) groups excluding carboxylic acids is 1. The van der Waals surface area contributed by atoms with E-state index in [1.165, 1.54) is 0 Å². The molecule has 88 valence electrons. The van der Waals surface area contributed by atoms with Crippen LogP contribution in [0.1, 0.15) is 6.92 Å². The third kappa shape index (κ3) is 2.79. The summed E-state index contributed by atoms with van der Waals surface area (Å²) in [5.74, 6) is -0.142. The van der Waals surface area contributed by atoms with Gasteiger partial charge < -0.3 is 10.1 Å². The van der Waals surface area contributed by atoms with Crippen molar-refractivity contribution in [3.05, 3.63) is 36.7 Å². The van der Waals surface area contributed by atoms with E-state index in [1.807, 2.05) is 31.2 Å². The fourth-order valence-electron chi connectivity index (χ4n) is 1.61. The van der Waals surface area contributed by atoms with E-state index in [0.29, 0.717) is 6.61 Å². The summed E-state index contributed by atoms with van der Waals surface area (Å²) in [5.41, 5.74) is 0.787. The fraction of sp³-hybridized carbons (Fsp3) is 0.231. The molecular weight excluding hydrogens is 216 g/mol. The fourth-order valence-corrected chi connectivity index (χ4v) is 1.61. The molecule has 0 atom stereocenters. The summed E-state index contributed by atoms with van der Waals surface area (Å²) in [6.07, 6.45) is 3.48. The average Bonchev–Trinajstić information content (AvgIpc) is 2.37. The van der Waals surface area contributed by atoms with Crippen LogP contribution in [0.4, 0.5) is 5.69 Å². The molecule has 2 aromatic rings. The van der Waals surface area contributed by atoms with E-state index in [4.69, 9.17) is 4.74 Å². The summed E-state index contributed by atoms with van der Waals surface area (Å²) in [6.45, 7) is 2.47. The Kier molecular flexibility index (Phi) is 3.67. The summed E-state index contributed by atoms with van der Waals surface area (Å²) in [4.78, 5) is 15.6. The zero-order valence-electron chi connectivity index (χ0n) is 9.64. The number of benzene rings is 1. The molecule has 0 saturated heterocycles. The van der Waals surface area contributed by atoms with Crippen molar-refractivity contribution < 1.29 is 9.53 Å². The Morgan fingerprint density at radius 1 is 1.41 bits per heavy atom. The number of ether oxygens (including phenoxy) is 1. The highest BCUT2D eigenvalue weighted by Crippen LogP contribution is 2.21. The van der Waals surface area contributed by atoms with Gasteiger partial charge >= 0.3 is 0 Å². The van der Waals surface area contributed by atoms with Crippen LogP contribution in [0.5, 0.6) is 0 Å². The van der Waals surface area contributed by atoms with E-state index in [1.54, 1.807) is 12.4 Å². The first-order valence-electron chi connectivity index (χ1n) is 5.51. The maximum absolute atomic E-state index is 11.6. The molecule has 4 nitrogen and oxygen atoms in total. The third-order valence-electron chi connectivity index (χ3n) is 2.39. The van der Waals surface area contributed by atoms with Crippen molar-refractivity contribution in [2.75, 3.05) is 18.5 Å². The lowest BCUT2D eigenvalue weighted by Crippen LogP contribution is -2.18. The molecule has 17 heavy (non-hydrogen) atoms. The molecule has 1 amide bonds. The zero-order chi connectivity index (χ0) is 12.1. The second-order valence-electron chi connectivity index (χ2n) is 3.59. The number of hydrogen-bond donors (Lipinski definition) is 1. The Labute approximate surface area is 99.6 Å². The van der Waals surface area contributed by atoms with E-state index in [2.05, 4.69) is 10.3 Å². The van der Waals surface area contributed by atoms with Crippen LogP contribution in [-0.4, -0.2) is 24.1 Å². The first-order valence-corrected chi connectivity index (χ1v) is 5.51. The van der Waals surface area contributed by atoms with Gasteiger partial charge in [0.25, 0.3) is 0 Å². The van der Waals surface area contributed by atoms with Crippen LogP contribution in [0, 0.1) is 0 Å². The standard InChI is InChI=1S/C13H14N2O2/c1-2-17-9-13(16)15-12-5-3-4-10-8-14-7-6-11(10)12/h3-8H,2,9H2,1H3,(H,15,16). The minimum absolute atomic E-state index is 0.0813. The molecule has 0 aliphatic carbocycles. The normalized spacial score (nSPS) is 10.4. The maximum Gasteiger partial charge on any atom is 0.250 e. The highest BCUT2D eigenvalue weighted by atomic mass is 16.5. The molecule has 1 aromatic carbocycles. The van der Waals surface area contributed by atoms with Crippen molar-refractivity contribution >= 4 is 22.4 Å². The van der Waals surface area contributed by atoms with Crippen LogP contribution in [0.2, 0.25) is 0 Å². The molecule has 1 N–H and O–H groups in total. The van der Waals surface area contributed by atoms with Crippen LogP contribution in [-0.2, 0) is 9.53 Å². The molecule has 0 bridgehead atoms. The summed E-state index contributed by atoms with van der Waals surface area (Å²) < 4.78 is 5.06. The molecule has 0 aliphatic heterocycles. The van der Waals surface area contributed by atoms with E-state index in [9.17, 15) is 4.79 Å². The molecule has 4 heteroatoms. The zero-order valence-corrected chi connectivity index (χ0v) is 9.64. The summed E-state index contributed by atoms with van der Waals surface area (Å²) in [6, 6.07) is 7.60. The van der Waals surface area contributed by atoms with Gasteiger partial charge in [0, 0.05) is 35.5 Å². The lowest BCUT2D eigenvalue weighted by atomic mass is 10.1. The first-order chi connectivity index (χ1) is 8.31. The van der Waals surface area contributed by atoms with E-state index < -0.39 is 0 Å². The van der Waals surface area contributed by atoms with Crippen LogP contribution >= 0.6 is 0 Å². The molecular formula is C13H14N2O2. The number of nitrogens with one attached hydrogen (secondary N) is 1. The topological polar surface area (TPSA) is 51.2 Å². The molecule has 2 rings (SSSR count). The number of nitrogens with zero attached hydrogens (tertiary/aromatic N) is 1. The maximum atomic E-state index is 11.6. The second-order valence-corrected chi connectivity index (χ2v) is 3.59. The first kappa shape index (κ1) is 11.5.